The van der Waals surface area contributed by atoms with E-state index in [1.807, 2.05) is 6.07 Å². The summed E-state index contributed by atoms with van der Waals surface area (Å²) in [5, 5.41) is 12.7. The molecule has 2 aliphatic carbocycles. The Morgan fingerprint density at radius 2 is 0.914 bits per heavy atom. The first kappa shape index (κ1) is 30.7. The Labute approximate surface area is 334 Å². The Morgan fingerprint density at radius 1 is 0.293 bits per heavy atom. The molecule has 1 heteroatoms. The fourth-order valence-electron chi connectivity index (χ4n) is 11.2. The van der Waals surface area contributed by atoms with E-state index >= 15 is 0 Å². The molecule has 1 nitrogen and oxygen atoms in total. The van der Waals surface area contributed by atoms with Crippen LogP contribution in [-0.4, -0.2) is 0 Å². The summed E-state index contributed by atoms with van der Waals surface area (Å²) in [5.74, 6) is 0. The van der Waals surface area contributed by atoms with E-state index in [1.165, 1.54) is 110 Å². The van der Waals surface area contributed by atoms with Gasteiger partial charge in [-0.25, -0.2) is 0 Å². The van der Waals surface area contributed by atoms with Crippen LogP contribution in [0.4, 0.5) is 0 Å². The van der Waals surface area contributed by atoms with Gasteiger partial charge >= 0.3 is 0 Å². The van der Waals surface area contributed by atoms with Crippen LogP contribution in [-0.2, 0) is 5.41 Å². The maximum Gasteiger partial charge on any atom is 0.135 e. The number of para-hydroxylation sites is 1. The third-order valence-corrected chi connectivity index (χ3v) is 13.6. The number of rotatable bonds is 2. The van der Waals surface area contributed by atoms with Crippen molar-refractivity contribution in [3.63, 3.8) is 0 Å². The molecule has 0 unspecified atom stereocenters. The van der Waals surface area contributed by atoms with Crippen LogP contribution in [0.5, 0.6) is 0 Å². The number of hydrogen-bond acceptors (Lipinski definition) is 1. The normalized spacial score (nSPS) is 13.7. The van der Waals surface area contributed by atoms with Gasteiger partial charge in [-0.1, -0.05) is 158 Å². The van der Waals surface area contributed by atoms with Crippen molar-refractivity contribution in [3.8, 4) is 44.5 Å². The molecule has 1 heterocycles. The molecule has 2 aliphatic rings. The molecule has 0 radical (unpaired) electrons. The highest BCUT2D eigenvalue weighted by molar-refractivity contribution is 6.24. The van der Waals surface area contributed by atoms with Crippen LogP contribution in [0.1, 0.15) is 22.3 Å². The Morgan fingerprint density at radius 3 is 1.71 bits per heavy atom. The lowest BCUT2D eigenvalue weighted by atomic mass is 9.70. The molecule has 0 aliphatic heterocycles. The molecule has 0 fully saturated rings. The van der Waals surface area contributed by atoms with E-state index in [-0.39, 0.29) is 0 Å². The highest BCUT2D eigenvalue weighted by atomic mass is 16.3. The number of furan rings is 1. The van der Waals surface area contributed by atoms with Crippen LogP contribution in [0.15, 0.2) is 199 Å². The first-order chi connectivity index (χ1) is 28.7. The minimum Gasteiger partial charge on any atom is -0.456 e. The van der Waals surface area contributed by atoms with Gasteiger partial charge in [-0.2, -0.15) is 0 Å². The van der Waals surface area contributed by atoms with Crippen LogP contribution in [0.3, 0.4) is 0 Å². The van der Waals surface area contributed by atoms with Crippen molar-refractivity contribution >= 4 is 65.0 Å². The van der Waals surface area contributed by atoms with Crippen molar-refractivity contribution < 1.29 is 4.42 Å². The monoisotopic (exact) mass is 732 g/mol. The fraction of sp³-hybridized carbons (Fsp3) is 0.0175. The fourth-order valence-corrected chi connectivity index (χ4v) is 11.2. The number of benzene rings is 11. The van der Waals surface area contributed by atoms with Crippen molar-refractivity contribution in [1.82, 2.24) is 0 Å². The van der Waals surface area contributed by atoms with Crippen LogP contribution < -0.4 is 0 Å². The summed E-state index contributed by atoms with van der Waals surface area (Å²) in [7, 11) is 0. The highest BCUT2D eigenvalue weighted by Crippen LogP contribution is 2.64. The second kappa shape index (κ2) is 10.9. The lowest BCUT2D eigenvalue weighted by Crippen LogP contribution is -2.25. The molecule has 266 valence electrons. The van der Waals surface area contributed by atoms with Gasteiger partial charge in [-0.05, 0) is 146 Å². The summed E-state index contributed by atoms with van der Waals surface area (Å²) < 4.78 is 6.23. The van der Waals surface area contributed by atoms with E-state index < -0.39 is 5.41 Å². The molecule has 0 amide bonds. The molecular formula is C57H32O. The zero-order valence-corrected chi connectivity index (χ0v) is 31.4. The molecule has 1 spiro atoms. The molecule has 0 saturated carbocycles. The third-order valence-electron chi connectivity index (χ3n) is 13.6. The van der Waals surface area contributed by atoms with Gasteiger partial charge < -0.3 is 4.42 Å². The number of hydrogen-bond donors (Lipinski definition) is 0. The Balaban J connectivity index is 1.04. The average Bonchev–Trinajstić information content (AvgIpc) is 3.91. The molecule has 1 aromatic heterocycles. The number of fused-ring (bicyclic) bond motifs is 15. The van der Waals surface area contributed by atoms with E-state index in [1.54, 1.807) is 0 Å². The second-order valence-electron chi connectivity index (χ2n) is 16.3. The Kier molecular flexibility index (Phi) is 5.76. The van der Waals surface area contributed by atoms with Crippen molar-refractivity contribution in [2.45, 2.75) is 5.41 Å². The maximum atomic E-state index is 6.23. The SMILES string of the molecule is c1ccc2c(c1)-c1ccccc1C21c2cc(-c3cc4ccc5cccc6ccc(c3)c4c56)ccc2-c2c1ccc1c(-c3ccc4oc5ccccc5c4c3)cccc21. The van der Waals surface area contributed by atoms with E-state index in [4.69, 9.17) is 4.42 Å². The molecule has 0 N–H and O–H groups in total. The summed E-state index contributed by atoms with van der Waals surface area (Å²) >= 11 is 0. The molecule has 0 bridgehead atoms. The summed E-state index contributed by atoms with van der Waals surface area (Å²) in [4.78, 5) is 0. The minimum absolute atomic E-state index is 0.456. The van der Waals surface area contributed by atoms with E-state index in [0.717, 1.165) is 21.9 Å². The largest absolute Gasteiger partial charge is 0.456 e. The minimum atomic E-state index is -0.456. The summed E-state index contributed by atoms with van der Waals surface area (Å²) in [6, 6.07) is 72.8. The van der Waals surface area contributed by atoms with Gasteiger partial charge in [0.25, 0.3) is 0 Å². The van der Waals surface area contributed by atoms with Gasteiger partial charge in [-0.3, -0.25) is 0 Å². The zero-order chi connectivity index (χ0) is 37.7. The second-order valence-corrected chi connectivity index (χ2v) is 16.3. The Bertz CT molecular complexity index is 3640. The van der Waals surface area contributed by atoms with Gasteiger partial charge in [0.15, 0.2) is 0 Å². The van der Waals surface area contributed by atoms with Crippen molar-refractivity contribution in [3.05, 3.63) is 216 Å². The van der Waals surface area contributed by atoms with Gasteiger partial charge in [0, 0.05) is 10.8 Å². The quantitative estimate of drug-likeness (QED) is 0.161. The predicted octanol–water partition coefficient (Wildman–Crippen LogP) is 15.3. The molecular weight excluding hydrogens is 701 g/mol. The topological polar surface area (TPSA) is 13.1 Å². The summed E-state index contributed by atoms with van der Waals surface area (Å²) in [6.07, 6.45) is 0. The van der Waals surface area contributed by atoms with Gasteiger partial charge in [-0.15, -0.1) is 0 Å². The lowest BCUT2D eigenvalue weighted by Gasteiger charge is -2.31. The van der Waals surface area contributed by atoms with Crippen LogP contribution in [0.2, 0.25) is 0 Å². The average molecular weight is 733 g/mol. The Hall–Kier alpha value is -7.48. The zero-order valence-electron chi connectivity index (χ0n) is 31.4. The molecule has 12 aromatic rings. The van der Waals surface area contributed by atoms with Gasteiger partial charge in [0.05, 0.1) is 5.41 Å². The smallest absolute Gasteiger partial charge is 0.135 e. The molecule has 0 saturated heterocycles. The van der Waals surface area contributed by atoms with Gasteiger partial charge in [0.1, 0.15) is 11.2 Å². The van der Waals surface area contributed by atoms with Crippen LogP contribution in [0, 0.1) is 0 Å². The first-order valence-corrected chi connectivity index (χ1v) is 20.2. The standard InChI is InChI=1S/C57H32O/c1-4-16-48-42(11-1)43-12-2-5-17-49(43)57(48)50-27-26-41-40(36-24-28-53-47(31-36)44-13-3-6-18-52(44)58-53)14-8-15-45(41)56(50)46-25-23-35(32-51(46)57)39-29-37-21-19-33-9-7-10-34-20-22-38(30-39)55(37)54(33)34/h1-32H. The summed E-state index contributed by atoms with van der Waals surface area (Å²) in [6.45, 7) is 0. The molecule has 11 aromatic carbocycles. The molecule has 14 rings (SSSR count). The van der Waals surface area contributed by atoms with Crippen molar-refractivity contribution in [2.75, 3.05) is 0 Å². The lowest BCUT2D eigenvalue weighted by molar-refractivity contribution is 0.669. The molecule has 58 heavy (non-hydrogen) atoms. The summed E-state index contributed by atoms with van der Waals surface area (Å²) in [5.41, 5.74) is 17.0. The van der Waals surface area contributed by atoms with E-state index in [2.05, 4.69) is 188 Å². The first-order valence-electron chi connectivity index (χ1n) is 20.2. The molecule has 0 atom stereocenters. The van der Waals surface area contributed by atoms with Crippen LogP contribution >= 0.6 is 0 Å². The maximum absolute atomic E-state index is 6.23. The third kappa shape index (κ3) is 3.77. The van der Waals surface area contributed by atoms with E-state index in [0.29, 0.717) is 0 Å². The van der Waals surface area contributed by atoms with Gasteiger partial charge in [0.2, 0.25) is 0 Å². The van der Waals surface area contributed by atoms with Crippen molar-refractivity contribution in [1.29, 1.82) is 0 Å². The van der Waals surface area contributed by atoms with E-state index in [9.17, 15) is 0 Å². The predicted molar refractivity (Wildman–Crippen MR) is 242 cm³/mol. The van der Waals surface area contributed by atoms with Crippen molar-refractivity contribution in [2.24, 2.45) is 0 Å². The highest BCUT2D eigenvalue weighted by Gasteiger charge is 2.52. The van der Waals surface area contributed by atoms with Crippen LogP contribution in [0.25, 0.3) is 110 Å².